The molecule has 0 aromatic heterocycles. The Labute approximate surface area is 128 Å². The second-order valence-corrected chi connectivity index (χ2v) is 9.09. The molecule has 2 nitrogen and oxygen atoms in total. The fraction of sp³-hybridized carbons (Fsp3) is 1.00. The Kier molecular flexibility index (Phi) is 11.7. The zero-order chi connectivity index (χ0) is 13.1. The van der Waals surface area contributed by atoms with Gasteiger partial charge in [-0.25, -0.2) is 0 Å². The van der Waals surface area contributed by atoms with Crippen molar-refractivity contribution in [3.63, 3.8) is 0 Å². The molecule has 2 atom stereocenters. The van der Waals surface area contributed by atoms with E-state index in [0.29, 0.717) is 0 Å². The molecule has 1 fully saturated rings. The largest absolute Gasteiger partial charge is 0.386 e. The highest BCUT2D eigenvalue weighted by molar-refractivity contribution is 8.07. The zero-order valence-electron chi connectivity index (χ0n) is 10.8. The molecule has 1 aliphatic heterocycles. The number of rotatable bonds is 10. The van der Waals surface area contributed by atoms with Crippen molar-refractivity contribution in [3.8, 4) is 0 Å². The summed E-state index contributed by atoms with van der Waals surface area (Å²) >= 11 is 7.55. The molecule has 0 amide bonds. The number of hydrogen-bond donors (Lipinski definition) is 2. The molecule has 1 rings (SSSR count). The van der Waals surface area contributed by atoms with Crippen molar-refractivity contribution in [3.05, 3.63) is 0 Å². The standard InChI is InChI=1S/C12H24O2S4/c13-9-15-5-1-3-11-7-18-12(8-17-11)4-2-6-16-10-14/h11-14H,1-10H2. The Bertz CT molecular complexity index is 167. The third kappa shape index (κ3) is 8.48. The van der Waals surface area contributed by atoms with Crippen molar-refractivity contribution in [2.45, 2.75) is 36.2 Å². The lowest BCUT2D eigenvalue weighted by molar-refractivity contribution is 0.375. The van der Waals surface area contributed by atoms with Crippen molar-refractivity contribution >= 4 is 47.0 Å². The van der Waals surface area contributed by atoms with E-state index >= 15 is 0 Å². The maximum atomic E-state index is 8.69. The third-order valence-electron chi connectivity index (χ3n) is 2.85. The lowest BCUT2D eigenvalue weighted by Gasteiger charge is -2.27. The van der Waals surface area contributed by atoms with Crippen molar-refractivity contribution < 1.29 is 10.2 Å². The first-order valence-corrected chi connectivity index (χ1v) is 10.9. The summed E-state index contributed by atoms with van der Waals surface area (Å²) in [7, 11) is 0. The third-order valence-corrected chi connectivity index (χ3v) is 7.73. The summed E-state index contributed by atoms with van der Waals surface area (Å²) in [5, 5.41) is 19.1. The molecular weight excluding hydrogens is 304 g/mol. The van der Waals surface area contributed by atoms with Gasteiger partial charge in [0.25, 0.3) is 0 Å². The van der Waals surface area contributed by atoms with Crippen LogP contribution in [0.5, 0.6) is 0 Å². The van der Waals surface area contributed by atoms with Crippen LogP contribution in [0.1, 0.15) is 25.7 Å². The maximum absolute atomic E-state index is 8.69. The number of aliphatic hydroxyl groups is 2. The Hall–Kier alpha value is 1.32. The normalized spacial score (nSPS) is 24.3. The smallest absolute Gasteiger partial charge is 0.0885 e. The molecule has 0 aliphatic carbocycles. The summed E-state index contributed by atoms with van der Waals surface area (Å²) in [4.78, 5) is 0. The number of hydrogen-bond acceptors (Lipinski definition) is 6. The molecule has 6 heteroatoms. The van der Waals surface area contributed by atoms with Gasteiger partial charge in [0, 0.05) is 22.0 Å². The van der Waals surface area contributed by atoms with Gasteiger partial charge in [0.1, 0.15) is 0 Å². The highest BCUT2D eigenvalue weighted by atomic mass is 32.2. The molecule has 2 N–H and O–H groups in total. The van der Waals surface area contributed by atoms with Crippen LogP contribution in [0, 0.1) is 0 Å². The van der Waals surface area contributed by atoms with E-state index < -0.39 is 0 Å². The van der Waals surface area contributed by atoms with E-state index in [0.717, 1.165) is 22.0 Å². The first kappa shape index (κ1) is 17.4. The van der Waals surface area contributed by atoms with Gasteiger partial charge in [-0.15, -0.1) is 23.5 Å². The van der Waals surface area contributed by atoms with Crippen LogP contribution in [0.25, 0.3) is 0 Å². The SMILES string of the molecule is OCSCCCC1CSC(CCCSCO)CS1. The van der Waals surface area contributed by atoms with Crippen LogP contribution in [0.2, 0.25) is 0 Å². The summed E-state index contributed by atoms with van der Waals surface area (Å²) in [5.41, 5.74) is 0. The second kappa shape index (κ2) is 12.1. The second-order valence-electron chi connectivity index (χ2n) is 4.27. The van der Waals surface area contributed by atoms with E-state index in [2.05, 4.69) is 23.5 Å². The van der Waals surface area contributed by atoms with Gasteiger partial charge in [-0.3, -0.25) is 0 Å². The van der Waals surface area contributed by atoms with Crippen LogP contribution in [-0.2, 0) is 0 Å². The quantitative estimate of drug-likeness (QED) is 0.474. The number of thioether (sulfide) groups is 4. The molecule has 0 spiro atoms. The van der Waals surface area contributed by atoms with Crippen LogP contribution >= 0.6 is 47.0 Å². The fourth-order valence-corrected chi connectivity index (χ4v) is 6.09. The molecule has 0 radical (unpaired) electrons. The minimum Gasteiger partial charge on any atom is -0.386 e. The Morgan fingerprint density at radius 2 is 1.28 bits per heavy atom. The van der Waals surface area contributed by atoms with Crippen LogP contribution < -0.4 is 0 Å². The Morgan fingerprint density at radius 3 is 1.61 bits per heavy atom. The molecule has 0 aromatic carbocycles. The molecule has 108 valence electrons. The summed E-state index contributed by atoms with van der Waals surface area (Å²) in [6, 6.07) is 0. The lowest BCUT2D eigenvalue weighted by Crippen LogP contribution is -2.21. The van der Waals surface area contributed by atoms with E-state index in [1.807, 2.05) is 0 Å². The van der Waals surface area contributed by atoms with Crippen molar-refractivity contribution in [2.75, 3.05) is 34.9 Å². The summed E-state index contributed by atoms with van der Waals surface area (Å²) in [6.07, 6.45) is 5.08. The highest BCUT2D eigenvalue weighted by Gasteiger charge is 2.21. The van der Waals surface area contributed by atoms with Crippen LogP contribution in [0.15, 0.2) is 0 Å². The predicted octanol–water partition coefficient (Wildman–Crippen LogP) is 3.13. The molecule has 1 heterocycles. The minimum atomic E-state index is 0.264. The predicted molar refractivity (Wildman–Crippen MR) is 90.0 cm³/mol. The van der Waals surface area contributed by atoms with Gasteiger partial charge in [-0.1, -0.05) is 0 Å². The monoisotopic (exact) mass is 328 g/mol. The fourth-order valence-electron chi connectivity index (χ4n) is 1.87. The summed E-state index contributed by atoms with van der Waals surface area (Å²) in [5.74, 6) is 5.32. The van der Waals surface area contributed by atoms with E-state index in [1.54, 1.807) is 23.5 Å². The van der Waals surface area contributed by atoms with E-state index in [4.69, 9.17) is 10.2 Å². The zero-order valence-corrected chi connectivity index (χ0v) is 14.0. The van der Waals surface area contributed by atoms with E-state index in [9.17, 15) is 0 Å². The molecule has 0 bridgehead atoms. The van der Waals surface area contributed by atoms with Crippen molar-refractivity contribution in [1.82, 2.24) is 0 Å². The number of aliphatic hydroxyl groups excluding tert-OH is 2. The van der Waals surface area contributed by atoms with Crippen LogP contribution in [0.4, 0.5) is 0 Å². The van der Waals surface area contributed by atoms with Gasteiger partial charge in [0.15, 0.2) is 0 Å². The van der Waals surface area contributed by atoms with E-state index in [1.165, 1.54) is 37.2 Å². The first-order valence-electron chi connectivity index (χ1n) is 6.47. The van der Waals surface area contributed by atoms with Gasteiger partial charge in [-0.2, -0.15) is 23.5 Å². The first-order chi connectivity index (χ1) is 8.86. The lowest BCUT2D eigenvalue weighted by atomic mass is 10.2. The van der Waals surface area contributed by atoms with Gasteiger partial charge < -0.3 is 10.2 Å². The van der Waals surface area contributed by atoms with Gasteiger partial charge in [0.2, 0.25) is 0 Å². The van der Waals surface area contributed by atoms with Gasteiger partial charge in [-0.05, 0) is 37.2 Å². The highest BCUT2D eigenvalue weighted by Crippen LogP contribution is 2.34. The molecule has 2 unspecified atom stereocenters. The molecule has 1 aliphatic rings. The van der Waals surface area contributed by atoms with Crippen molar-refractivity contribution in [1.29, 1.82) is 0 Å². The van der Waals surface area contributed by atoms with Crippen molar-refractivity contribution in [2.24, 2.45) is 0 Å². The summed E-state index contributed by atoms with van der Waals surface area (Å²) < 4.78 is 0. The average Bonchev–Trinajstić information content (AvgIpc) is 2.41. The molecule has 18 heavy (non-hydrogen) atoms. The molecule has 0 saturated carbocycles. The molecule has 0 aromatic rings. The van der Waals surface area contributed by atoms with E-state index in [-0.39, 0.29) is 11.9 Å². The van der Waals surface area contributed by atoms with Crippen LogP contribution in [-0.4, -0.2) is 55.6 Å². The Balaban J connectivity index is 1.95. The Morgan fingerprint density at radius 1 is 0.833 bits per heavy atom. The molecule has 1 saturated heterocycles. The maximum Gasteiger partial charge on any atom is 0.0885 e. The van der Waals surface area contributed by atoms with Gasteiger partial charge in [0.05, 0.1) is 11.9 Å². The average molecular weight is 329 g/mol. The minimum absolute atomic E-state index is 0.264. The summed E-state index contributed by atoms with van der Waals surface area (Å²) in [6.45, 7) is 0. The van der Waals surface area contributed by atoms with Gasteiger partial charge >= 0.3 is 0 Å². The topological polar surface area (TPSA) is 40.5 Å². The molecular formula is C12H24O2S4. The van der Waals surface area contributed by atoms with Crippen LogP contribution in [0.3, 0.4) is 0 Å².